The van der Waals surface area contributed by atoms with Crippen LogP contribution in [0.3, 0.4) is 0 Å². The molecule has 0 radical (unpaired) electrons. The van der Waals surface area contributed by atoms with Crippen LogP contribution in [0.5, 0.6) is 0 Å². The van der Waals surface area contributed by atoms with Crippen LogP contribution in [0.2, 0.25) is 0 Å². The quantitative estimate of drug-likeness (QED) is 0.553. The Labute approximate surface area is 201 Å². The Morgan fingerprint density at radius 1 is 1.09 bits per heavy atom. The summed E-state index contributed by atoms with van der Waals surface area (Å²) in [6.45, 7) is 7.69. The van der Waals surface area contributed by atoms with Gasteiger partial charge in [0.05, 0.1) is 24.0 Å². The molecule has 2 aromatic heterocycles. The van der Waals surface area contributed by atoms with Gasteiger partial charge >= 0.3 is 0 Å². The number of aryl methyl sites for hydroxylation is 1. The summed E-state index contributed by atoms with van der Waals surface area (Å²) in [6, 6.07) is 0. The second kappa shape index (κ2) is 11.6. The van der Waals surface area contributed by atoms with Gasteiger partial charge in [0.25, 0.3) is 0 Å². The van der Waals surface area contributed by atoms with Crippen LogP contribution in [0.1, 0.15) is 45.4 Å². The zero-order valence-electron chi connectivity index (χ0n) is 20.6. The fraction of sp³-hybridized carbons (Fsp3) is 0.708. The Hall–Kier alpha value is -2.75. The number of carbonyl (C=O) groups excluding carboxylic acids is 2. The van der Waals surface area contributed by atoms with E-state index in [1.807, 2.05) is 11.9 Å². The predicted octanol–water partition coefficient (Wildman–Crippen LogP) is 1.42. The monoisotopic (exact) mass is 470 g/mol. The first kappa shape index (κ1) is 24.4. The van der Waals surface area contributed by atoms with Gasteiger partial charge in [-0.15, -0.1) is 0 Å². The van der Waals surface area contributed by atoms with Crippen LogP contribution in [0.15, 0.2) is 12.5 Å². The summed E-state index contributed by atoms with van der Waals surface area (Å²) in [4.78, 5) is 40.7. The van der Waals surface area contributed by atoms with Crippen LogP contribution in [0.4, 0.5) is 5.82 Å². The van der Waals surface area contributed by atoms with Crippen LogP contribution in [-0.4, -0.2) is 93.7 Å². The van der Waals surface area contributed by atoms with E-state index in [2.05, 4.69) is 37.1 Å². The average Bonchev–Trinajstić information content (AvgIpc) is 3.25. The van der Waals surface area contributed by atoms with E-state index in [9.17, 15) is 9.59 Å². The standard InChI is InChI=1S/C24H38N8O2/c1-3-4-5-6-9-25-24(34)19-8-7-10-30(16-19)17-21(33)31-11-13-32(14-12-31)23-20-15-28-29(2)22(20)26-18-27-23/h15,18-19H,3-14,16-17H2,1-2H3,(H,25,34). The highest BCUT2D eigenvalue weighted by atomic mass is 16.2. The highest BCUT2D eigenvalue weighted by molar-refractivity contribution is 5.87. The van der Waals surface area contributed by atoms with Gasteiger partial charge in [0.15, 0.2) is 5.65 Å². The van der Waals surface area contributed by atoms with Gasteiger partial charge in [0.2, 0.25) is 11.8 Å². The summed E-state index contributed by atoms with van der Waals surface area (Å²) in [5.41, 5.74) is 0.813. The van der Waals surface area contributed by atoms with Gasteiger partial charge in [0, 0.05) is 46.3 Å². The molecule has 1 atom stereocenters. The number of hydrogen-bond acceptors (Lipinski definition) is 7. The largest absolute Gasteiger partial charge is 0.356 e. The third kappa shape index (κ3) is 5.84. The Morgan fingerprint density at radius 2 is 1.91 bits per heavy atom. The molecular weight excluding hydrogens is 432 g/mol. The minimum Gasteiger partial charge on any atom is -0.356 e. The Balaban J connectivity index is 1.23. The van der Waals surface area contributed by atoms with Crippen LogP contribution in [-0.2, 0) is 16.6 Å². The summed E-state index contributed by atoms with van der Waals surface area (Å²) >= 11 is 0. The van der Waals surface area contributed by atoms with Gasteiger partial charge in [-0.3, -0.25) is 19.2 Å². The number of piperidine rings is 1. The summed E-state index contributed by atoms with van der Waals surface area (Å²) in [7, 11) is 1.87. The maximum atomic E-state index is 13.0. The van der Waals surface area contributed by atoms with Crippen molar-refractivity contribution in [1.29, 1.82) is 0 Å². The number of likely N-dealkylation sites (tertiary alicyclic amines) is 1. The molecule has 0 bridgehead atoms. The van der Waals surface area contributed by atoms with E-state index in [0.717, 1.165) is 62.3 Å². The summed E-state index contributed by atoms with van der Waals surface area (Å²) in [5, 5.41) is 8.33. The zero-order chi connectivity index (χ0) is 23.9. The number of anilines is 1. The second-order valence-electron chi connectivity index (χ2n) is 9.50. The molecule has 4 rings (SSSR count). The van der Waals surface area contributed by atoms with E-state index < -0.39 is 0 Å². The molecule has 1 unspecified atom stereocenters. The van der Waals surface area contributed by atoms with Gasteiger partial charge in [-0.25, -0.2) is 9.97 Å². The molecule has 2 aliphatic heterocycles. The molecule has 34 heavy (non-hydrogen) atoms. The molecule has 0 saturated carbocycles. The lowest BCUT2D eigenvalue weighted by atomic mass is 9.97. The molecule has 0 spiro atoms. The lowest BCUT2D eigenvalue weighted by Gasteiger charge is -2.37. The van der Waals surface area contributed by atoms with Gasteiger partial charge < -0.3 is 15.1 Å². The number of amides is 2. The molecule has 0 aromatic carbocycles. The smallest absolute Gasteiger partial charge is 0.236 e. The van der Waals surface area contributed by atoms with Crippen molar-refractivity contribution in [2.45, 2.75) is 45.4 Å². The SMILES string of the molecule is CCCCCCNC(=O)C1CCCN(CC(=O)N2CCN(c3ncnc4c3cnn4C)CC2)C1. The van der Waals surface area contributed by atoms with Crippen molar-refractivity contribution in [2.75, 3.05) is 57.3 Å². The van der Waals surface area contributed by atoms with Crippen LogP contribution in [0.25, 0.3) is 11.0 Å². The fourth-order valence-corrected chi connectivity index (χ4v) is 4.98. The van der Waals surface area contributed by atoms with E-state index in [1.54, 1.807) is 17.2 Å². The Morgan fingerprint density at radius 3 is 2.71 bits per heavy atom. The number of nitrogens with one attached hydrogen (secondary N) is 1. The van der Waals surface area contributed by atoms with E-state index in [0.29, 0.717) is 26.2 Å². The Bertz CT molecular complexity index is 969. The van der Waals surface area contributed by atoms with Crippen LogP contribution < -0.4 is 10.2 Å². The molecule has 2 amide bonds. The van der Waals surface area contributed by atoms with Crippen molar-refractivity contribution in [1.82, 2.24) is 34.9 Å². The molecule has 4 heterocycles. The van der Waals surface area contributed by atoms with E-state index in [-0.39, 0.29) is 17.7 Å². The zero-order valence-corrected chi connectivity index (χ0v) is 20.6. The van der Waals surface area contributed by atoms with Crippen molar-refractivity contribution in [3.8, 4) is 0 Å². The van der Waals surface area contributed by atoms with Gasteiger partial charge in [0.1, 0.15) is 12.1 Å². The number of hydrogen-bond donors (Lipinski definition) is 1. The van der Waals surface area contributed by atoms with Crippen molar-refractivity contribution >= 4 is 28.7 Å². The molecule has 2 saturated heterocycles. The fourth-order valence-electron chi connectivity index (χ4n) is 4.98. The number of unbranched alkanes of at least 4 members (excludes halogenated alkanes) is 3. The minimum atomic E-state index is -0.00997. The number of piperazine rings is 1. The molecule has 10 nitrogen and oxygen atoms in total. The highest BCUT2D eigenvalue weighted by Crippen LogP contribution is 2.23. The third-order valence-corrected chi connectivity index (χ3v) is 7.01. The molecule has 2 aromatic rings. The molecule has 186 valence electrons. The normalized spacial score (nSPS) is 19.5. The summed E-state index contributed by atoms with van der Waals surface area (Å²) in [6.07, 6.45) is 9.87. The van der Waals surface area contributed by atoms with Crippen molar-refractivity contribution in [2.24, 2.45) is 13.0 Å². The van der Waals surface area contributed by atoms with Crippen LogP contribution in [0, 0.1) is 5.92 Å². The lowest BCUT2D eigenvalue weighted by Crippen LogP contribution is -2.53. The lowest BCUT2D eigenvalue weighted by molar-refractivity contribution is -0.135. The third-order valence-electron chi connectivity index (χ3n) is 7.01. The number of rotatable bonds is 9. The van der Waals surface area contributed by atoms with Crippen molar-refractivity contribution < 1.29 is 9.59 Å². The molecule has 2 fully saturated rings. The number of aromatic nitrogens is 4. The predicted molar refractivity (Wildman–Crippen MR) is 131 cm³/mol. The number of carbonyl (C=O) groups is 2. The Kier molecular flexibility index (Phi) is 8.31. The van der Waals surface area contributed by atoms with E-state index in [4.69, 9.17) is 0 Å². The minimum absolute atomic E-state index is 0.00997. The highest BCUT2D eigenvalue weighted by Gasteiger charge is 2.29. The first-order valence-electron chi connectivity index (χ1n) is 12.7. The number of fused-ring (bicyclic) bond motifs is 1. The van der Waals surface area contributed by atoms with Crippen molar-refractivity contribution in [3.63, 3.8) is 0 Å². The van der Waals surface area contributed by atoms with E-state index in [1.165, 1.54) is 19.3 Å². The number of nitrogens with zero attached hydrogens (tertiary/aromatic N) is 7. The van der Waals surface area contributed by atoms with E-state index >= 15 is 0 Å². The first-order chi connectivity index (χ1) is 16.6. The van der Waals surface area contributed by atoms with Crippen LogP contribution >= 0.6 is 0 Å². The second-order valence-corrected chi connectivity index (χ2v) is 9.50. The summed E-state index contributed by atoms with van der Waals surface area (Å²) < 4.78 is 1.75. The van der Waals surface area contributed by atoms with Gasteiger partial charge in [-0.05, 0) is 25.8 Å². The van der Waals surface area contributed by atoms with Gasteiger partial charge in [-0.2, -0.15) is 5.10 Å². The molecule has 10 heteroatoms. The summed E-state index contributed by atoms with van der Waals surface area (Å²) in [5.74, 6) is 1.16. The molecule has 1 N–H and O–H groups in total. The first-order valence-corrected chi connectivity index (χ1v) is 12.7. The van der Waals surface area contributed by atoms with Crippen molar-refractivity contribution in [3.05, 3.63) is 12.5 Å². The topological polar surface area (TPSA) is 99.5 Å². The molecule has 0 aliphatic carbocycles. The maximum absolute atomic E-state index is 13.0. The molecule has 2 aliphatic rings. The molecular formula is C24H38N8O2. The average molecular weight is 471 g/mol. The maximum Gasteiger partial charge on any atom is 0.236 e. The van der Waals surface area contributed by atoms with Gasteiger partial charge in [-0.1, -0.05) is 26.2 Å².